The molecule has 1 amide bonds. The van der Waals surface area contributed by atoms with Gasteiger partial charge in [-0.2, -0.15) is 4.36 Å². The molecule has 0 aromatic heterocycles. The van der Waals surface area contributed by atoms with Crippen LogP contribution >= 0.6 is 0 Å². The van der Waals surface area contributed by atoms with Gasteiger partial charge in [-0.05, 0) is 35.9 Å². The molecular weight excluding hydrogens is 378 g/mol. The van der Waals surface area contributed by atoms with Crippen LogP contribution in [0, 0.1) is 0 Å². The SMILES string of the molecule is CCC(=O)/C=C/c1ccc(C(=O)OC)cc1C(=O)N=S(C)(=O)c1ccccc1. The summed E-state index contributed by atoms with van der Waals surface area (Å²) in [6, 6.07) is 12.8. The van der Waals surface area contributed by atoms with Crippen molar-refractivity contribution in [3.8, 4) is 0 Å². The summed E-state index contributed by atoms with van der Waals surface area (Å²) in [6.07, 6.45) is 4.53. The van der Waals surface area contributed by atoms with Gasteiger partial charge in [0.15, 0.2) is 5.78 Å². The van der Waals surface area contributed by atoms with Crippen LogP contribution in [0.2, 0.25) is 0 Å². The zero-order valence-electron chi connectivity index (χ0n) is 15.9. The zero-order valence-corrected chi connectivity index (χ0v) is 16.7. The summed E-state index contributed by atoms with van der Waals surface area (Å²) in [4.78, 5) is 36.6. The molecule has 0 N–H and O–H groups in total. The van der Waals surface area contributed by atoms with Crippen molar-refractivity contribution in [2.24, 2.45) is 4.36 Å². The topological polar surface area (TPSA) is 89.9 Å². The van der Waals surface area contributed by atoms with Crippen molar-refractivity contribution in [2.75, 3.05) is 13.4 Å². The highest BCUT2D eigenvalue weighted by Crippen LogP contribution is 2.19. The van der Waals surface area contributed by atoms with Gasteiger partial charge in [0.05, 0.1) is 28.0 Å². The van der Waals surface area contributed by atoms with E-state index in [-0.39, 0.29) is 16.9 Å². The molecule has 6 nitrogen and oxygen atoms in total. The van der Waals surface area contributed by atoms with Gasteiger partial charge >= 0.3 is 5.97 Å². The molecule has 0 fully saturated rings. The molecule has 0 heterocycles. The summed E-state index contributed by atoms with van der Waals surface area (Å²) in [5.74, 6) is -1.48. The highest BCUT2D eigenvalue weighted by molar-refractivity contribution is 7.93. The molecule has 2 aromatic carbocycles. The molecule has 0 saturated heterocycles. The maximum absolute atomic E-state index is 12.9. The Morgan fingerprint density at radius 3 is 2.39 bits per heavy atom. The molecule has 1 unspecified atom stereocenters. The molecule has 0 bridgehead atoms. The number of carbonyl (C=O) groups excluding carboxylic acids is 3. The monoisotopic (exact) mass is 399 g/mol. The van der Waals surface area contributed by atoms with Crippen molar-refractivity contribution in [2.45, 2.75) is 18.2 Å². The Hall–Kier alpha value is -3.06. The number of ether oxygens (including phenoxy) is 1. The summed E-state index contributed by atoms with van der Waals surface area (Å²) in [7, 11) is -1.75. The predicted octanol–water partition coefficient (Wildman–Crippen LogP) is 3.76. The average Bonchev–Trinajstić information content (AvgIpc) is 2.71. The van der Waals surface area contributed by atoms with Crippen LogP contribution in [0.1, 0.15) is 39.6 Å². The standard InChI is InChI=1S/C21H21NO5S/c1-4-17(23)13-12-15-10-11-16(21(25)27-2)14-19(15)20(24)22-28(3,26)18-8-6-5-7-9-18/h5-14H,4H2,1-3H3/b13-12+. The smallest absolute Gasteiger partial charge is 0.337 e. The van der Waals surface area contributed by atoms with Gasteiger partial charge in [0.1, 0.15) is 0 Å². The number of nitrogens with zero attached hydrogens (tertiary/aromatic N) is 1. The molecule has 0 aliphatic rings. The van der Waals surface area contributed by atoms with Gasteiger partial charge in [-0.1, -0.05) is 37.3 Å². The molecule has 2 aromatic rings. The van der Waals surface area contributed by atoms with E-state index in [1.807, 2.05) is 0 Å². The third kappa shape index (κ3) is 5.23. The summed E-state index contributed by atoms with van der Waals surface area (Å²) in [5.41, 5.74) is 0.613. The Morgan fingerprint density at radius 1 is 1.11 bits per heavy atom. The number of carbonyl (C=O) groups is 3. The Labute approximate surface area is 164 Å². The minimum Gasteiger partial charge on any atom is -0.465 e. The van der Waals surface area contributed by atoms with Crippen LogP contribution in [0.25, 0.3) is 6.08 Å². The first kappa shape index (κ1) is 21.2. The molecule has 1 atom stereocenters. The second kappa shape index (κ2) is 9.23. The molecule has 0 spiro atoms. The normalized spacial score (nSPS) is 13.0. The molecule has 2 rings (SSSR count). The average molecular weight is 399 g/mol. The summed E-state index contributed by atoms with van der Waals surface area (Å²) in [5, 5.41) is 0. The van der Waals surface area contributed by atoms with Gasteiger partial charge in [0.2, 0.25) is 0 Å². The molecule has 0 radical (unpaired) electrons. The number of methoxy groups -OCH3 is 1. The quantitative estimate of drug-likeness (QED) is 0.545. The Kier molecular flexibility index (Phi) is 7.00. The van der Waals surface area contributed by atoms with Gasteiger partial charge in [-0.25, -0.2) is 9.00 Å². The van der Waals surface area contributed by atoms with Crippen molar-refractivity contribution < 1.29 is 23.3 Å². The van der Waals surface area contributed by atoms with Gasteiger partial charge in [0.25, 0.3) is 5.91 Å². The van der Waals surface area contributed by atoms with E-state index in [9.17, 15) is 18.6 Å². The molecule has 0 aliphatic heterocycles. The zero-order chi connectivity index (χ0) is 20.7. The van der Waals surface area contributed by atoms with E-state index in [0.29, 0.717) is 16.9 Å². The maximum Gasteiger partial charge on any atom is 0.337 e. The van der Waals surface area contributed by atoms with E-state index in [1.165, 1.54) is 43.7 Å². The Morgan fingerprint density at radius 2 is 1.79 bits per heavy atom. The number of benzene rings is 2. The lowest BCUT2D eigenvalue weighted by Gasteiger charge is -2.08. The number of hydrogen-bond donors (Lipinski definition) is 0. The molecule has 0 aliphatic carbocycles. The van der Waals surface area contributed by atoms with Gasteiger partial charge in [-0.15, -0.1) is 0 Å². The molecular formula is C21H21NO5S. The van der Waals surface area contributed by atoms with Crippen LogP contribution in [0.15, 0.2) is 63.9 Å². The van der Waals surface area contributed by atoms with Crippen molar-refractivity contribution in [1.29, 1.82) is 0 Å². The molecule has 28 heavy (non-hydrogen) atoms. The first-order valence-corrected chi connectivity index (χ1v) is 10.5. The van der Waals surface area contributed by atoms with Crippen molar-refractivity contribution in [3.05, 3.63) is 71.3 Å². The van der Waals surface area contributed by atoms with Crippen molar-refractivity contribution >= 4 is 33.5 Å². The molecule has 0 saturated carbocycles. The third-order valence-corrected chi connectivity index (χ3v) is 5.60. The van der Waals surface area contributed by atoms with E-state index < -0.39 is 21.6 Å². The first-order chi connectivity index (χ1) is 13.3. The fourth-order valence-electron chi connectivity index (χ4n) is 2.37. The minimum atomic E-state index is -2.98. The highest BCUT2D eigenvalue weighted by Gasteiger charge is 2.17. The van der Waals surface area contributed by atoms with E-state index in [2.05, 4.69) is 9.10 Å². The second-order valence-electron chi connectivity index (χ2n) is 5.96. The number of allylic oxidation sites excluding steroid dienone is 1. The summed E-state index contributed by atoms with van der Waals surface area (Å²) in [6.45, 7) is 1.72. The van der Waals surface area contributed by atoms with E-state index >= 15 is 0 Å². The highest BCUT2D eigenvalue weighted by atomic mass is 32.2. The van der Waals surface area contributed by atoms with Crippen molar-refractivity contribution in [3.63, 3.8) is 0 Å². The number of rotatable bonds is 6. The number of esters is 1. The lowest BCUT2D eigenvalue weighted by Crippen LogP contribution is -2.08. The van der Waals surface area contributed by atoms with E-state index in [1.54, 1.807) is 37.3 Å². The van der Waals surface area contributed by atoms with Gasteiger partial charge in [-0.3, -0.25) is 9.59 Å². The summed E-state index contributed by atoms with van der Waals surface area (Å²) < 4.78 is 21.5. The fourth-order valence-corrected chi connectivity index (χ4v) is 3.55. The van der Waals surface area contributed by atoms with Crippen LogP contribution < -0.4 is 0 Å². The number of amides is 1. The van der Waals surface area contributed by atoms with Crippen molar-refractivity contribution in [1.82, 2.24) is 0 Å². The molecule has 7 heteroatoms. The summed E-state index contributed by atoms with van der Waals surface area (Å²) >= 11 is 0. The lowest BCUT2D eigenvalue weighted by atomic mass is 10.0. The largest absolute Gasteiger partial charge is 0.465 e. The van der Waals surface area contributed by atoms with Gasteiger partial charge in [0, 0.05) is 17.6 Å². The Balaban J connectivity index is 2.56. The van der Waals surface area contributed by atoms with Gasteiger partial charge < -0.3 is 4.74 Å². The van der Waals surface area contributed by atoms with E-state index in [4.69, 9.17) is 0 Å². The van der Waals surface area contributed by atoms with Crippen LogP contribution in [-0.4, -0.2) is 35.2 Å². The molecule has 146 valence electrons. The second-order valence-corrected chi connectivity index (χ2v) is 8.22. The third-order valence-electron chi connectivity index (χ3n) is 3.94. The lowest BCUT2D eigenvalue weighted by molar-refractivity contribution is -0.114. The van der Waals surface area contributed by atoms with Crippen LogP contribution in [0.3, 0.4) is 0 Å². The maximum atomic E-state index is 12.9. The van der Waals surface area contributed by atoms with Crippen LogP contribution in [-0.2, 0) is 19.3 Å². The number of ketones is 1. The van der Waals surface area contributed by atoms with Crippen LogP contribution in [0.5, 0.6) is 0 Å². The predicted molar refractivity (Wildman–Crippen MR) is 108 cm³/mol. The van der Waals surface area contributed by atoms with Crippen LogP contribution in [0.4, 0.5) is 0 Å². The fraction of sp³-hybridized carbons (Fsp3) is 0.190. The first-order valence-electron chi connectivity index (χ1n) is 8.53. The Bertz CT molecular complexity index is 1050. The van der Waals surface area contributed by atoms with E-state index in [0.717, 1.165) is 0 Å². The minimum absolute atomic E-state index is 0.0635. The number of hydrogen-bond acceptors (Lipinski definition) is 5.